The zero-order valence-corrected chi connectivity index (χ0v) is 37.3. The van der Waals surface area contributed by atoms with Crippen molar-refractivity contribution in [2.24, 2.45) is 23.7 Å². The third-order valence-corrected chi connectivity index (χ3v) is 14.2. The van der Waals surface area contributed by atoms with Gasteiger partial charge < -0.3 is 40.0 Å². The lowest BCUT2D eigenvalue weighted by molar-refractivity contribution is -0.231. The molecular weight excluding hydrogens is 917 g/mol. The van der Waals surface area contributed by atoms with Crippen LogP contribution >= 0.6 is 15.9 Å². The molecule has 4 aromatic rings. The maximum absolute atomic E-state index is 13.8. The Morgan fingerprint density at radius 2 is 1.80 bits per heavy atom. The number of pyridine rings is 1. The third-order valence-electron chi connectivity index (χ3n) is 13.7. The lowest BCUT2D eigenvalue weighted by atomic mass is 9.71. The molecule has 2 unspecified atom stereocenters. The third kappa shape index (κ3) is 9.79. The molecule has 2 aliphatic carbocycles. The molecule has 65 heavy (non-hydrogen) atoms. The van der Waals surface area contributed by atoms with Gasteiger partial charge in [-0.15, -0.1) is 0 Å². The molecule has 348 valence electrons. The van der Waals surface area contributed by atoms with Gasteiger partial charge in [0.25, 0.3) is 0 Å². The van der Waals surface area contributed by atoms with E-state index in [2.05, 4.69) is 58.7 Å². The number of carbonyl (C=O) groups is 3. The second-order valence-corrected chi connectivity index (χ2v) is 19.2. The van der Waals surface area contributed by atoms with Gasteiger partial charge in [-0.25, -0.2) is 15.0 Å². The quantitative estimate of drug-likeness (QED) is 0.0854. The molecule has 16 nitrogen and oxygen atoms in total. The van der Waals surface area contributed by atoms with Crippen molar-refractivity contribution < 1.29 is 52.0 Å². The van der Waals surface area contributed by atoms with Gasteiger partial charge in [0.1, 0.15) is 58.4 Å². The summed E-state index contributed by atoms with van der Waals surface area (Å²) in [6.07, 6.45) is 1.06. The molecule has 5 aliphatic rings. The van der Waals surface area contributed by atoms with Crippen molar-refractivity contribution in [3.63, 3.8) is 0 Å². The topological polar surface area (TPSA) is 203 Å². The van der Waals surface area contributed by atoms with E-state index in [0.29, 0.717) is 71.2 Å². The molecule has 2 amide bonds. The fraction of sp³-hybridized carbons (Fsp3) is 0.578. The Morgan fingerprint density at radius 3 is 2.58 bits per heavy atom. The molecule has 3 aromatic heterocycles. The number of aromatic nitrogens is 5. The number of nitrogens with one attached hydrogen (secondary N) is 2. The maximum atomic E-state index is 13.8. The highest BCUT2D eigenvalue weighted by atomic mass is 79.9. The largest absolute Gasteiger partial charge is 0.451 e. The van der Waals surface area contributed by atoms with E-state index >= 15 is 0 Å². The van der Waals surface area contributed by atoms with E-state index in [1.165, 1.54) is 13.0 Å². The summed E-state index contributed by atoms with van der Waals surface area (Å²) >= 11 is 3.32. The van der Waals surface area contributed by atoms with Crippen molar-refractivity contribution in [1.29, 1.82) is 0 Å². The van der Waals surface area contributed by atoms with Crippen molar-refractivity contribution in [2.45, 2.75) is 114 Å². The van der Waals surface area contributed by atoms with Crippen molar-refractivity contribution >= 4 is 56.1 Å². The minimum Gasteiger partial charge on any atom is -0.388 e. The molecule has 0 radical (unpaired) electrons. The number of carbonyl (C=O) groups excluding carboxylic acids is 3. The lowest BCUT2D eigenvalue weighted by Gasteiger charge is -2.43. The molecular formula is C45H52BrF3N8O8. The summed E-state index contributed by atoms with van der Waals surface area (Å²) in [5.41, 5.74) is 0.865. The van der Waals surface area contributed by atoms with E-state index in [0.717, 1.165) is 62.2 Å². The number of halogens is 4. The highest BCUT2D eigenvalue weighted by molar-refractivity contribution is 9.10. The summed E-state index contributed by atoms with van der Waals surface area (Å²) in [6.45, 7) is 2.24. The number of Topliss-reactive ketones (excluding diaryl/α,β-unsaturated/α-hetero) is 1. The van der Waals surface area contributed by atoms with Crippen molar-refractivity contribution in [3.05, 3.63) is 70.3 Å². The highest BCUT2D eigenvalue weighted by Gasteiger charge is 2.59. The van der Waals surface area contributed by atoms with Gasteiger partial charge in [-0.1, -0.05) is 24.6 Å². The fourth-order valence-electron chi connectivity index (χ4n) is 10.5. The minimum absolute atomic E-state index is 0.00587. The summed E-state index contributed by atoms with van der Waals surface area (Å²) in [4.78, 5) is 52.3. The van der Waals surface area contributed by atoms with Crippen LogP contribution in [0.2, 0.25) is 0 Å². The van der Waals surface area contributed by atoms with Crippen LogP contribution in [0.25, 0.3) is 10.9 Å². The van der Waals surface area contributed by atoms with Crippen LogP contribution in [0.15, 0.2) is 53.3 Å². The molecule has 1 aromatic carbocycles. The van der Waals surface area contributed by atoms with Crippen LogP contribution in [0.1, 0.15) is 80.2 Å². The number of benzene rings is 1. The summed E-state index contributed by atoms with van der Waals surface area (Å²) in [5, 5.41) is 32.9. The normalized spacial score (nSPS) is 29.8. The number of aliphatic hydroxyl groups excluding tert-OH is 2. The van der Waals surface area contributed by atoms with Crippen LogP contribution in [0.3, 0.4) is 0 Å². The first kappa shape index (κ1) is 45.6. The Labute approximate surface area is 381 Å². The number of hydrogen-bond acceptors (Lipinski definition) is 13. The van der Waals surface area contributed by atoms with Gasteiger partial charge >= 0.3 is 6.18 Å². The smallest absolute Gasteiger partial charge is 0.388 e. The van der Waals surface area contributed by atoms with E-state index in [-0.39, 0.29) is 43.2 Å². The van der Waals surface area contributed by atoms with Gasteiger partial charge in [0.05, 0.1) is 18.7 Å². The highest BCUT2D eigenvalue weighted by Crippen LogP contribution is 2.45. The van der Waals surface area contributed by atoms with E-state index in [1.54, 1.807) is 27.8 Å². The number of alkyl halides is 3. The van der Waals surface area contributed by atoms with Crippen molar-refractivity contribution in [1.82, 2.24) is 29.6 Å². The van der Waals surface area contributed by atoms with Crippen molar-refractivity contribution in [3.8, 4) is 0 Å². The van der Waals surface area contributed by atoms with E-state index in [1.807, 2.05) is 6.07 Å². The molecule has 8 atom stereocenters. The second-order valence-electron chi connectivity index (χ2n) is 18.4. The Kier molecular flexibility index (Phi) is 13.0. The molecule has 20 heteroatoms. The zero-order chi connectivity index (χ0) is 45.6. The molecule has 3 aliphatic heterocycles. The molecule has 4 N–H and O–H groups in total. The molecule has 6 heterocycles. The number of ether oxygens (including phenoxy) is 3. The Balaban J connectivity index is 0.732. The number of likely N-dealkylation sites (tertiary alicyclic amines) is 1. The van der Waals surface area contributed by atoms with Crippen LogP contribution < -0.4 is 10.6 Å². The molecule has 2 bridgehead atoms. The molecule has 9 rings (SSSR count). The summed E-state index contributed by atoms with van der Waals surface area (Å²) in [6, 6.07) is 10.8. The lowest BCUT2D eigenvalue weighted by Crippen LogP contribution is -2.64. The average Bonchev–Trinajstić information content (AvgIpc) is 4.07. The molecule has 5 fully saturated rings. The zero-order valence-electron chi connectivity index (χ0n) is 35.8. The van der Waals surface area contributed by atoms with Gasteiger partial charge in [-0.05, 0) is 121 Å². The first-order chi connectivity index (χ1) is 31.1. The van der Waals surface area contributed by atoms with Gasteiger partial charge in [-0.2, -0.15) is 18.3 Å². The van der Waals surface area contributed by atoms with Crippen LogP contribution in [-0.2, 0) is 42.9 Å². The number of hydrogen-bond donors (Lipinski definition) is 4. The van der Waals surface area contributed by atoms with Crippen LogP contribution in [0, 0.1) is 23.7 Å². The Morgan fingerprint density at radius 1 is 1.00 bits per heavy atom. The predicted molar refractivity (Wildman–Crippen MR) is 231 cm³/mol. The molecule has 2 saturated carbocycles. The molecule has 3 saturated heterocycles. The fourth-order valence-corrected chi connectivity index (χ4v) is 10.9. The summed E-state index contributed by atoms with van der Waals surface area (Å²) < 4.78 is 59.4. The standard InChI is InChI=1S/C45H52BrF3N8O8/c1-24(58)37-30-10-9-27(19-32(30)57(55-37)20-36(59)56-13-3-4-31(56)41(62)53-34-6-2-5-33(46)51-34)15-25-7-8-26(14-25)16-28-17-29(18-28)21-63-22-44-23-64-42(65-44)38(39(60)40(44)61)52-35-11-12-50-43(54-35)45(47,48)49/h2,5-6,9-12,19,25-26,28-29,31,38-40,42,60-61H,3-4,7-8,13-18,20-23H2,1H3,(H,50,52,54)(H,51,53,62)/t25?,26?,28?,29?,31-,38+,39+,40+,42-,44-/m0/s1. The first-order valence-corrected chi connectivity index (χ1v) is 23.0. The number of amides is 2. The Bertz CT molecular complexity index is 2420. The van der Waals surface area contributed by atoms with Crippen LogP contribution in [0.4, 0.5) is 24.8 Å². The van der Waals surface area contributed by atoms with Gasteiger partial charge in [0.2, 0.25) is 17.6 Å². The number of nitrogens with zero attached hydrogens (tertiary/aromatic N) is 6. The average molecular weight is 970 g/mol. The number of aliphatic hydroxyl groups is 2. The summed E-state index contributed by atoms with van der Waals surface area (Å²) in [5.74, 6) is 0.244. The number of anilines is 2. The van der Waals surface area contributed by atoms with E-state index in [9.17, 15) is 37.8 Å². The van der Waals surface area contributed by atoms with Gasteiger partial charge in [0.15, 0.2) is 12.1 Å². The monoisotopic (exact) mass is 968 g/mol. The van der Waals surface area contributed by atoms with Crippen molar-refractivity contribution in [2.75, 3.05) is 37.0 Å². The van der Waals surface area contributed by atoms with Gasteiger partial charge in [-0.3, -0.25) is 19.1 Å². The van der Waals surface area contributed by atoms with E-state index < -0.39 is 48.2 Å². The number of ketones is 1. The Hall–Kier alpha value is -4.60. The first-order valence-electron chi connectivity index (χ1n) is 22.3. The number of fused-ring (bicyclic) bond motifs is 3. The van der Waals surface area contributed by atoms with E-state index in [4.69, 9.17) is 14.2 Å². The predicted octanol–water partition coefficient (Wildman–Crippen LogP) is 5.55. The molecule has 0 spiro atoms. The maximum Gasteiger partial charge on any atom is 0.451 e. The second kappa shape index (κ2) is 18.6. The summed E-state index contributed by atoms with van der Waals surface area (Å²) in [7, 11) is 0. The van der Waals surface area contributed by atoms with Gasteiger partial charge in [0, 0.05) is 31.7 Å². The minimum atomic E-state index is -4.75. The number of rotatable bonds is 15. The SMILES string of the molecule is CC(=O)c1nn(CC(=O)N2CCC[C@H]2C(=O)Nc2cccc(Br)n2)c2cc(CC3CCC(CC4CC(COC[C@@]56CO[C@@H](O5)[C@H](Nc5ccnc(C(F)(F)F)n5)[C@@H](O)[C@H]6O)C4)C3)ccc12. The van der Waals surface area contributed by atoms with Crippen LogP contribution in [0.5, 0.6) is 0 Å². The van der Waals surface area contributed by atoms with Crippen LogP contribution in [-0.4, -0.2) is 120 Å².